The van der Waals surface area contributed by atoms with Crippen LogP contribution in [0.4, 0.5) is 8.78 Å². The topological polar surface area (TPSA) is 12.9 Å². The molecular formula is C32H31F2IrNPSi. The van der Waals surface area contributed by atoms with Gasteiger partial charge < -0.3 is 4.98 Å². The third kappa shape index (κ3) is 10.2. The van der Waals surface area contributed by atoms with E-state index in [1.165, 1.54) is 15.9 Å². The molecule has 4 aromatic carbocycles. The van der Waals surface area contributed by atoms with Gasteiger partial charge in [0.15, 0.2) is 0 Å². The molecule has 0 aliphatic carbocycles. The Morgan fingerprint density at radius 3 is 1.45 bits per heavy atom. The van der Waals surface area contributed by atoms with Crippen LogP contribution in [0, 0.1) is 17.7 Å². The first-order valence-corrected chi connectivity index (χ1v) is 16.5. The number of hydrogen-bond donors (Lipinski definition) is 0. The quantitative estimate of drug-likeness (QED) is 0.108. The Kier molecular flexibility index (Phi) is 14.0. The molecule has 6 heteroatoms. The first-order chi connectivity index (χ1) is 18.0. The van der Waals surface area contributed by atoms with Crippen molar-refractivity contribution in [2.24, 2.45) is 0 Å². The van der Waals surface area contributed by atoms with Gasteiger partial charge in [0.25, 0.3) is 0 Å². The summed E-state index contributed by atoms with van der Waals surface area (Å²) in [7, 11) is -0.757. The Balaban J connectivity index is 0.000000236. The molecule has 0 aliphatic rings. The smallest absolute Gasteiger partial charge is 0.102 e. The van der Waals surface area contributed by atoms with Gasteiger partial charge in [-0.05, 0) is 48.2 Å². The van der Waals surface area contributed by atoms with Crippen molar-refractivity contribution in [3.8, 4) is 11.3 Å². The van der Waals surface area contributed by atoms with E-state index in [-0.39, 0.29) is 34.5 Å². The molecular weight excluding hydrogens is 688 g/mol. The summed E-state index contributed by atoms with van der Waals surface area (Å²) in [6, 6.07) is 42.0. The van der Waals surface area contributed by atoms with E-state index in [0.717, 1.165) is 12.1 Å². The molecule has 196 valence electrons. The standard InChI is InChI=1S/C18H15P.C11H6F2N.C3H9Si.Ir/c1-4-10-16(11-5-1)19(17-12-6-2-7-13-17)18-14-8-3-9-15-18;12-8-4-5-9(10(13)7-8)11-3-1-2-6-14-11;1-4(2)3;/h1-15H;1-4,6-7H;1-3H3;/q;-1;;/p+1. The molecule has 2 radical (unpaired) electrons. The van der Waals surface area contributed by atoms with E-state index in [4.69, 9.17) is 0 Å². The van der Waals surface area contributed by atoms with E-state index in [0.29, 0.717) is 5.69 Å². The summed E-state index contributed by atoms with van der Waals surface area (Å²) < 4.78 is 25.8. The van der Waals surface area contributed by atoms with Crippen molar-refractivity contribution in [2.45, 2.75) is 19.6 Å². The van der Waals surface area contributed by atoms with E-state index in [2.05, 4.69) is 122 Å². The molecule has 0 atom stereocenters. The first kappa shape index (κ1) is 31.4. The maximum absolute atomic E-state index is 13.2. The zero-order chi connectivity index (χ0) is 26.5. The monoisotopic (exact) mass is 719 g/mol. The van der Waals surface area contributed by atoms with E-state index < -0.39 is 19.6 Å². The van der Waals surface area contributed by atoms with Gasteiger partial charge in [0.05, 0.1) is 7.92 Å². The van der Waals surface area contributed by atoms with Gasteiger partial charge in [-0.3, -0.25) is 8.78 Å². The van der Waals surface area contributed by atoms with Gasteiger partial charge >= 0.3 is 0 Å². The largest absolute Gasteiger partial charge is 0.305 e. The van der Waals surface area contributed by atoms with Crippen LogP contribution in [0.1, 0.15) is 0 Å². The van der Waals surface area contributed by atoms with Crippen LogP contribution in [0.3, 0.4) is 0 Å². The van der Waals surface area contributed by atoms with Crippen molar-refractivity contribution in [1.82, 2.24) is 4.98 Å². The number of benzene rings is 4. The minimum Gasteiger partial charge on any atom is -0.305 e. The number of rotatable bonds is 4. The fourth-order valence-electron chi connectivity index (χ4n) is 3.47. The molecule has 1 aromatic heterocycles. The van der Waals surface area contributed by atoms with Crippen LogP contribution in [-0.2, 0) is 20.1 Å². The fourth-order valence-corrected chi connectivity index (χ4v) is 6.04. The molecule has 5 aromatic rings. The van der Waals surface area contributed by atoms with E-state index in [1.807, 2.05) is 0 Å². The van der Waals surface area contributed by atoms with Crippen molar-refractivity contribution in [3.63, 3.8) is 0 Å². The van der Waals surface area contributed by atoms with Crippen LogP contribution < -0.4 is 15.9 Å². The van der Waals surface area contributed by atoms with Gasteiger partial charge in [-0.1, -0.05) is 98.0 Å². The Bertz CT molecular complexity index is 1230. The average Bonchev–Trinajstić information content (AvgIpc) is 2.91. The maximum atomic E-state index is 13.2. The summed E-state index contributed by atoms with van der Waals surface area (Å²) in [5.74, 6) is -1.29. The molecule has 0 fully saturated rings. The molecule has 1 nitrogen and oxygen atoms in total. The van der Waals surface area contributed by atoms with E-state index in [1.54, 1.807) is 24.4 Å². The van der Waals surface area contributed by atoms with Crippen LogP contribution in [-0.4, -0.2) is 13.8 Å². The molecule has 0 saturated carbocycles. The van der Waals surface area contributed by atoms with Crippen LogP contribution >= 0.6 is 7.92 Å². The summed E-state index contributed by atoms with van der Waals surface area (Å²) >= 11 is 0. The second-order valence-electron chi connectivity index (χ2n) is 8.73. The van der Waals surface area contributed by atoms with Crippen molar-refractivity contribution < 1.29 is 28.9 Å². The molecule has 0 aliphatic heterocycles. The predicted molar refractivity (Wildman–Crippen MR) is 158 cm³/mol. The molecule has 5 rings (SSSR count). The number of halogens is 2. The molecule has 0 saturated heterocycles. The summed E-state index contributed by atoms with van der Waals surface area (Å²) in [6.07, 6.45) is 1.55. The average molecular weight is 719 g/mol. The van der Waals surface area contributed by atoms with Crippen molar-refractivity contribution in [1.29, 1.82) is 0 Å². The minimum atomic E-state index is -0.877. The van der Waals surface area contributed by atoms with Gasteiger partial charge in [0.1, 0.15) is 15.9 Å². The van der Waals surface area contributed by atoms with Gasteiger partial charge in [-0.15, -0.1) is 12.1 Å². The third-order valence-corrected chi connectivity index (χ3v) is 7.70. The Morgan fingerprint density at radius 2 is 1.08 bits per heavy atom. The summed E-state index contributed by atoms with van der Waals surface area (Å²) in [5, 5.41) is 4.31. The number of pyridine rings is 1. The van der Waals surface area contributed by atoms with Crippen LogP contribution in [0.15, 0.2) is 128 Å². The minimum absolute atomic E-state index is 0. The van der Waals surface area contributed by atoms with Crippen molar-refractivity contribution in [2.75, 3.05) is 0 Å². The Morgan fingerprint density at radius 1 is 0.658 bits per heavy atom. The van der Waals surface area contributed by atoms with Crippen LogP contribution in [0.2, 0.25) is 19.6 Å². The number of nitrogens with zero attached hydrogens (tertiary/aromatic N) is 1. The van der Waals surface area contributed by atoms with Crippen molar-refractivity contribution >= 4 is 32.6 Å². The van der Waals surface area contributed by atoms with E-state index in [9.17, 15) is 8.78 Å². The second-order valence-corrected chi connectivity index (χ2v) is 14.2. The van der Waals surface area contributed by atoms with Gasteiger partial charge in [0.2, 0.25) is 0 Å². The molecule has 1 heterocycles. The third-order valence-electron chi connectivity index (χ3n) is 4.97. The SMILES string of the molecule is C[Si](C)C.Fc1c[c-]c(-c2ccccn2)c(F)c1.[Ir].c1ccc([PH+](c2ccccc2)c2ccccc2)cc1. The van der Waals surface area contributed by atoms with Crippen LogP contribution in [0.5, 0.6) is 0 Å². The normalized spacial score (nSPS) is 9.97. The van der Waals surface area contributed by atoms with Gasteiger partial charge in [-0.2, -0.15) is 0 Å². The molecule has 0 N–H and O–H groups in total. The number of hydrogen-bond acceptors (Lipinski definition) is 1. The zero-order valence-electron chi connectivity index (χ0n) is 21.7. The fraction of sp³-hybridized carbons (Fsp3) is 0.0938. The predicted octanol–water partition coefficient (Wildman–Crippen LogP) is 7.37. The maximum Gasteiger partial charge on any atom is 0.102 e. The Hall–Kier alpha value is -2.81. The first-order valence-electron chi connectivity index (χ1n) is 12.0. The number of aromatic nitrogens is 1. The molecule has 38 heavy (non-hydrogen) atoms. The summed E-state index contributed by atoms with van der Waals surface area (Å²) in [6.45, 7) is 6.81. The molecule has 0 spiro atoms. The molecule has 0 bridgehead atoms. The van der Waals surface area contributed by atoms with Crippen molar-refractivity contribution in [3.05, 3.63) is 145 Å². The summed E-state index contributed by atoms with van der Waals surface area (Å²) in [4.78, 5) is 3.95. The Labute approximate surface area is 241 Å². The molecule has 0 unspecified atom stereocenters. The van der Waals surface area contributed by atoms with Crippen LogP contribution in [0.25, 0.3) is 11.3 Å². The summed E-state index contributed by atoms with van der Waals surface area (Å²) in [5.41, 5.74) is 0.636. The second kappa shape index (κ2) is 16.9. The zero-order valence-corrected chi connectivity index (χ0v) is 26.1. The van der Waals surface area contributed by atoms with Gasteiger partial charge in [-0.25, -0.2) is 0 Å². The van der Waals surface area contributed by atoms with E-state index >= 15 is 0 Å². The van der Waals surface area contributed by atoms with Gasteiger partial charge in [0, 0.05) is 46.7 Å². The molecule has 0 amide bonds.